The first-order chi connectivity index (χ1) is 29.8. The van der Waals surface area contributed by atoms with Gasteiger partial charge in [-0.3, -0.25) is 0 Å². The molecule has 0 saturated carbocycles. The second kappa shape index (κ2) is 14.0. The maximum absolute atomic E-state index is 6.72. The number of rotatable bonds is 5. The molecule has 282 valence electrons. The van der Waals surface area contributed by atoms with Crippen LogP contribution >= 0.6 is 11.8 Å². The van der Waals surface area contributed by atoms with Crippen molar-refractivity contribution in [1.29, 1.82) is 0 Å². The average molecular weight is 800 g/mol. The van der Waals surface area contributed by atoms with Crippen molar-refractivity contribution in [3.05, 3.63) is 224 Å². The van der Waals surface area contributed by atoms with E-state index in [0.29, 0.717) is 0 Å². The van der Waals surface area contributed by atoms with Gasteiger partial charge < -0.3 is 9.64 Å². The Balaban J connectivity index is 1.08. The van der Waals surface area contributed by atoms with Gasteiger partial charge in [-0.05, 0) is 113 Å². The summed E-state index contributed by atoms with van der Waals surface area (Å²) in [6.07, 6.45) is 0. The van der Waals surface area contributed by atoms with Gasteiger partial charge >= 0.3 is 0 Å². The summed E-state index contributed by atoms with van der Waals surface area (Å²) in [4.78, 5) is 5.05. The molecule has 2 aliphatic rings. The molecule has 12 rings (SSSR count). The molecule has 2 nitrogen and oxygen atoms in total. The third-order valence-electron chi connectivity index (χ3n) is 12.4. The molecule has 60 heavy (non-hydrogen) atoms. The summed E-state index contributed by atoms with van der Waals surface area (Å²) < 4.78 is 6.72. The molecule has 0 aliphatic carbocycles. The Labute approximate surface area is 355 Å². The predicted molar refractivity (Wildman–Crippen MR) is 255 cm³/mol. The van der Waals surface area contributed by atoms with Crippen molar-refractivity contribution in [3.63, 3.8) is 0 Å². The SMILES string of the molecule is c1ccc2c(c1)Oc1ccccc1[Si]21c2ccccc2Sc2c(N(c3ccc(-c4cccc5ccccc45)cc3)c3ccc(-c4cccc5ccccc45)cc3)cccc21. The maximum Gasteiger partial charge on any atom is 0.190 e. The standard InChI is InChI=1S/C56H37NOSSi/c1-3-18-44-38(14-1)16-11-20-46(44)40-30-34-42(35-31-40)57(43-36-32-41(33-37-43)47-21-12-17-39-15-2-4-19-45(39)47)48-22-13-29-55-56(48)59-51-25-7-10-28-54(51)60(55)52-26-8-5-23-49(52)58-50-24-6-9-27-53(50)60/h1-37H. The van der Waals surface area contributed by atoms with Gasteiger partial charge in [0.2, 0.25) is 0 Å². The third-order valence-corrected chi connectivity index (χ3v) is 18.9. The van der Waals surface area contributed by atoms with E-state index in [0.717, 1.165) is 28.6 Å². The van der Waals surface area contributed by atoms with Gasteiger partial charge in [-0.25, -0.2) is 0 Å². The molecule has 0 unspecified atom stereocenters. The Bertz CT molecular complexity index is 3090. The van der Waals surface area contributed by atoms with Crippen LogP contribution in [0, 0.1) is 0 Å². The van der Waals surface area contributed by atoms with Crippen LogP contribution in [0.15, 0.2) is 234 Å². The van der Waals surface area contributed by atoms with Gasteiger partial charge in [0.1, 0.15) is 11.5 Å². The minimum absolute atomic E-state index is 0.950. The van der Waals surface area contributed by atoms with Crippen molar-refractivity contribution < 1.29 is 4.74 Å². The zero-order chi connectivity index (χ0) is 39.6. The van der Waals surface area contributed by atoms with Crippen LogP contribution in [-0.2, 0) is 0 Å². The van der Waals surface area contributed by atoms with Gasteiger partial charge in [0, 0.05) is 21.2 Å². The molecule has 0 saturated heterocycles. The van der Waals surface area contributed by atoms with E-state index in [1.807, 2.05) is 11.8 Å². The van der Waals surface area contributed by atoms with Crippen LogP contribution in [-0.4, -0.2) is 8.07 Å². The zero-order valence-corrected chi connectivity index (χ0v) is 34.4. The molecule has 0 N–H and O–H groups in total. The molecule has 0 aromatic heterocycles. The second-order valence-electron chi connectivity index (χ2n) is 15.6. The van der Waals surface area contributed by atoms with Crippen molar-refractivity contribution >= 4 is 79.2 Å². The van der Waals surface area contributed by atoms with E-state index in [2.05, 4.69) is 229 Å². The van der Waals surface area contributed by atoms with E-state index in [1.165, 1.54) is 74.3 Å². The number of anilines is 3. The number of benzene rings is 10. The molecule has 0 radical (unpaired) electrons. The largest absolute Gasteiger partial charge is 0.458 e. The van der Waals surface area contributed by atoms with E-state index < -0.39 is 8.07 Å². The molecule has 10 aromatic rings. The lowest BCUT2D eigenvalue weighted by Gasteiger charge is -2.44. The van der Waals surface area contributed by atoms with Gasteiger partial charge in [0.05, 0.1) is 5.69 Å². The summed E-state index contributed by atoms with van der Waals surface area (Å²) >= 11 is 1.90. The van der Waals surface area contributed by atoms with Crippen LogP contribution in [0.25, 0.3) is 43.8 Å². The number of ether oxygens (including phenoxy) is 1. The lowest BCUT2D eigenvalue weighted by atomic mass is 9.97. The normalized spacial score (nSPS) is 13.2. The third kappa shape index (κ3) is 5.35. The topological polar surface area (TPSA) is 12.5 Å². The molecule has 1 spiro atoms. The molecule has 0 atom stereocenters. The smallest absolute Gasteiger partial charge is 0.190 e. The van der Waals surface area contributed by atoms with E-state index in [4.69, 9.17) is 4.74 Å². The van der Waals surface area contributed by atoms with Crippen LogP contribution in [0.5, 0.6) is 11.5 Å². The molecule has 4 heteroatoms. The molecule has 0 bridgehead atoms. The Morgan fingerprint density at radius 2 is 0.817 bits per heavy atom. The van der Waals surface area contributed by atoms with Gasteiger partial charge in [-0.1, -0.05) is 188 Å². The Morgan fingerprint density at radius 3 is 1.40 bits per heavy atom. The summed E-state index contributed by atoms with van der Waals surface area (Å²) in [6.45, 7) is 0. The number of hydrogen-bond donors (Lipinski definition) is 0. The summed E-state index contributed by atoms with van der Waals surface area (Å²) in [5, 5.41) is 10.4. The van der Waals surface area contributed by atoms with Crippen molar-refractivity contribution in [3.8, 4) is 33.8 Å². The fraction of sp³-hybridized carbons (Fsp3) is 0. The number of nitrogens with zero attached hydrogens (tertiary/aromatic N) is 1. The summed E-state index contributed by atoms with van der Waals surface area (Å²) in [5.74, 6) is 1.90. The summed E-state index contributed by atoms with van der Waals surface area (Å²) in [5.41, 5.74) is 8.24. The fourth-order valence-electron chi connectivity index (χ4n) is 9.76. The van der Waals surface area contributed by atoms with Crippen molar-refractivity contribution in [2.45, 2.75) is 9.79 Å². The number of fused-ring (bicyclic) bond motifs is 10. The zero-order valence-electron chi connectivity index (χ0n) is 32.6. The monoisotopic (exact) mass is 799 g/mol. The Hall–Kier alpha value is -7.11. The van der Waals surface area contributed by atoms with Crippen molar-refractivity contribution in [1.82, 2.24) is 0 Å². The highest BCUT2D eigenvalue weighted by molar-refractivity contribution is 8.00. The van der Waals surface area contributed by atoms with E-state index in [1.54, 1.807) is 0 Å². The van der Waals surface area contributed by atoms with Crippen LogP contribution in [0.4, 0.5) is 17.1 Å². The first-order valence-corrected chi connectivity index (χ1v) is 23.3. The first-order valence-electron chi connectivity index (χ1n) is 20.5. The van der Waals surface area contributed by atoms with Gasteiger partial charge in [-0.2, -0.15) is 0 Å². The molecular formula is C56H37NOSSi. The highest BCUT2D eigenvalue weighted by Crippen LogP contribution is 2.46. The molecule has 10 aromatic carbocycles. The number of hydrogen-bond acceptors (Lipinski definition) is 3. The lowest BCUT2D eigenvalue weighted by molar-refractivity contribution is 0.487. The van der Waals surface area contributed by atoms with Crippen LogP contribution in [0.1, 0.15) is 0 Å². The van der Waals surface area contributed by atoms with E-state index in [-0.39, 0.29) is 0 Å². The summed E-state index contributed by atoms with van der Waals surface area (Å²) in [7, 11) is -2.86. The van der Waals surface area contributed by atoms with Gasteiger partial charge in [0.15, 0.2) is 8.07 Å². The van der Waals surface area contributed by atoms with Crippen LogP contribution in [0.3, 0.4) is 0 Å². The average Bonchev–Trinajstić information content (AvgIpc) is 3.32. The van der Waals surface area contributed by atoms with Crippen LogP contribution in [0.2, 0.25) is 0 Å². The lowest BCUT2D eigenvalue weighted by Crippen LogP contribution is -2.77. The first kappa shape index (κ1) is 34.9. The highest BCUT2D eigenvalue weighted by Gasteiger charge is 2.52. The van der Waals surface area contributed by atoms with Crippen LogP contribution < -0.4 is 30.4 Å². The van der Waals surface area contributed by atoms with Gasteiger partial charge in [0.25, 0.3) is 0 Å². The Morgan fingerprint density at radius 1 is 0.367 bits per heavy atom. The molecule has 0 fully saturated rings. The molecule has 0 amide bonds. The second-order valence-corrected chi connectivity index (χ2v) is 20.3. The number of para-hydroxylation sites is 2. The Kier molecular flexibility index (Phi) is 8.15. The quantitative estimate of drug-likeness (QED) is 0.161. The van der Waals surface area contributed by atoms with Gasteiger partial charge in [-0.15, -0.1) is 0 Å². The van der Waals surface area contributed by atoms with E-state index >= 15 is 0 Å². The minimum atomic E-state index is -2.86. The minimum Gasteiger partial charge on any atom is -0.458 e. The molecule has 2 aliphatic heterocycles. The maximum atomic E-state index is 6.72. The van der Waals surface area contributed by atoms with Crippen molar-refractivity contribution in [2.24, 2.45) is 0 Å². The van der Waals surface area contributed by atoms with E-state index in [9.17, 15) is 0 Å². The fourth-order valence-corrected chi connectivity index (χ4v) is 17.0. The molecule has 2 heterocycles. The molecular weight excluding hydrogens is 763 g/mol. The highest BCUT2D eigenvalue weighted by atomic mass is 32.2. The summed E-state index contributed by atoms with van der Waals surface area (Å²) in [6, 6.07) is 82.4. The van der Waals surface area contributed by atoms with Crippen molar-refractivity contribution in [2.75, 3.05) is 4.90 Å². The predicted octanol–water partition coefficient (Wildman–Crippen LogP) is 12.7.